The number of hydrogen-bond donors (Lipinski definition) is 2. The largest absolute Gasteiger partial charge is 0.480 e. The van der Waals surface area contributed by atoms with E-state index in [2.05, 4.69) is 5.32 Å². The highest BCUT2D eigenvalue weighted by Gasteiger charge is 2.30. The molecule has 0 bridgehead atoms. The van der Waals surface area contributed by atoms with E-state index in [0.717, 1.165) is 0 Å². The van der Waals surface area contributed by atoms with Crippen LogP contribution >= 0.6 is 0 Å². The van der Waals surface area contributed by atoms with Gasteiger partial charge in [-0.3, -0.25) is 4.79 Å². The van der Waals surface area contributed by atoms with Crippen LogP contribution in [0, 0.1) is 0 Å². The summed E-state index contributed by atoms with van der Waals surface area (Å²) in [6.07, 6.45) is 0. The molecule has 0 amide bonds. The first-order valence-corrected chi connectivity index (χ1v) is 3.57. The van der Waals surface area contributed by atoms with Gasteiger partial charge in [-0.25, -0.2) is 0 Å². The Morgan fingerprint density at radius 2 is 2.27 bits per heavy atom. The van der Waals surface area contributed by atoms with E-state index >= 15 is 0 Å². The minimum atomic E-state index is -0.962. The van der Waals surface area contributed by atoms with Gasteiger partial charge in [-0.2, -0.15) is 0 Å². The first kappa shape index (κ1) is 10.4. The van der Waals surface area contributed by atoms with Gasteiger partial charge in [-0.1, -0.05) is 0 Å². The zero-order valence-electron chi connectivity index (χ0n) is 7.18. The van der Waals surface area contributed by atoms with Gasteiger partial charge in [-0.05, 0) is 20.9 Å². The number of carboxylic acids is 1. The van der Waals surface area contributed by atoms with Crippen LogP contribution in [0.1, 0.15) is 13.8 Å². The van der Waals surface area contributed by atoms with Crippen LogP contribution < -0.4 is 5.32 Å². The third-order valence-electron chi connectivity index (χ3n) is 1.62. The number of hydrogen-bond acceptors (Lipinski definition) is 3. The van der Waals surface area contributed by atoms with E-state index in [1.54, 1.807) is 14.0 Å². The van der Waals surface area contributed by atoms with Crippen molar-refractivity contribution >= 4 is 5.97 Å². The number of carboxylic acid groups (broad SMARTS) is 1. The fraction of sp³-hybridized carbons (Fsp3) is 0.857. The van der Waals surface area contributed by atoms with E-state index in [1.165, 1.54) is 0 Å². The smallest absolute Gasteiger partial charge is 0.326 e. The van der Waals surface area contributed by atoms with Crippen molar-refractivity contribution < 1.29 is 14.6 Å². The summed E-state index contributed by atoms with van der Waals surface area (Å²) in [5.74, 6) is -0.895. The van der Waals surface area contributed by atoms with Gasteiger partial charge in [0.2, 0.25) is 0 Å². The quantitative estimate of drug-likeness (QED) is 0.599. The second-order valence-electron chi connectivity index (χ2n) is 2.52. The summed E-state index contributed by atoms with van der Waals surface area (Å²) in [7, 11) is 1.60. The van der Waals surface area contributed by atoms with E-state index in [9.17, 15) is 4.79 Å². The monoisotopic (exact) mass is 161 g/mol. The predicted molar refractivity (Wildman–Crippen MR) is 41.6 cm³/mol. The summed E-state index contributed by atoms with van der Waals surface area (Å²) in [5.41, 5.74) is -0.962. The van der Waals surface area contributed by atoms with Crippen LogP contribution in [-0.2, 0) is 9.53 Å². The van der Waals surface area contributed by atoms with Crippen molar-refractivity contribution in [1.82, 2.24) is 5.32 Å². The molecule has 0 radical (unpaired) electrons. The fourth-order valence-corrected chi connectivity index (χ4v) is 0.547. The zero-order valence-corrected chi connectivity index (χ0v) is 7.18. The van der Waals surface area contributed by atoms with Crippen LogP contribution in [0.2, 0.25) is 0 Å². The van der Waals surface area contributed by atoms with Gasteiger partial charge in [0.25, 0.3) is 0 Å². The van der Waals surface area contributed by atoms with Crippen LogP contribution in [0.3, 0.4) is 0 Å². The van der Waals surface area contributed by atoms with Crippen molar-refractivity contribution in [2.75, 3.05) is 20.3 Å². The minimum Gasteiger partial charge on any atom is -0.480 e. The Morgan fingerprint density at radius 3 is 2.55 bits per heavy atom. The van der Waals surface area contributed by atoms with E-state index < -0.39 is 11.5 Å². The maximum Gasteiger partial charge on any atom is 0.326 e. The summed E-state index contributed by atoms with van der Waals surface area (Å²) >= 11 is 0. The highest BCUT2D eigenvalue weighted by molar-refractivity contribution is 5.78. The maximum absolute atomic E-state index is 10.6. The van der Waals surface area contributed by atoms with Crippen molar-refractivity contribution in [2.24, 2.45) is 0 Å². The summed E-state index contributed by atoms with van der Waals surface area (Å²) in [4.78, 5) is 10.6. The lowest BCUT2D eigenvalue weighted by Gasteiger charge is -2.23. The van der Waals surface area contributed by atoms with Gasteiger partial charge in [-0.15, -0.1) is 0 Å². The number of carbonyl (C=O) groups is 1. The molecule has 0 aromatic carbocycles. The second-order valence-corrected chi connectivity index (χ2v) is 2.52. The lowest BCUT2D eigenvalue weighted by molar-refractivity contribution is -0.146. The molecule has 4 heteroatoms. The molecule has 0 heterocycles. The Hall–Kier alpha value is -0.610. The number of nitrogens with one attached hydrogen (secondary N) is 1. The lowest BCUT2D eigenvalue weighted by atomic mass is 10.1. The Balaban J connectivity index is 3.99. The van der Waals surface area contributed by atoms with Gasteiger partial charge >= 0.3 is 5.97 Å². The molecule has 0 spiro atoms. The number of aliphatic carboxylic acids is 1. The van der Waals surface area contributed by atoms with E-state index in [-0.39, 0.29) is 6.61 Å². The molecule has 0 rings (SSSR count). The Kier molecular flexibility index (Phi) is 4.07. The number of ether oxygens (including phenoxy) is 1. The van der Waals surface area contributed by atoms with Crippen molar-refractivity contribution in [3.8, 4) is 0 Å². The van der Waals surface area contributed by atoms with Gasteiger partial charge in [0, 0.05) is 6.61 Å². The molecule has 0 fully saturated rings. The average molecular weight is 161 g/mol. The summed E-state index contributed by atoms with van der Waals surface area (Å²) in [6, 6.07) is 0. The van der Waals surface area contributed by atoms with Crippen LogP contribution in [0.25, 0.3) is 0 Å². The normalized spacial score (nSPS) is 15.9. The van der Waals surface area contributed by atoms with Crippen molar-refractivity contribution in [3.05, 3.63) is 0 Å². The number of rotatable bonds is 5. The van der Waals surface area contributed by atoms with E-state index in [0.29, 0.717) is 6.61 Å². The molecule has 0 aromatic rings. The van der Waals surface area contributed by atoms with Gasteiger partial charge in [0.05, 0.1) is 6.61 Å². The highest BCUT2D eigenvalue weighted by atomic mass is 16.5. The molecule has 0 aliphatic carbocycles. The molecule has 0 aliphatic rings. The molecule has 0 aromatic heterocycles. The van der Waals surface area contributed by atoms with Gasteiger partial charge in [0.15, 0.2) is 0 Å². The number of likely N-dealkylation sites (N-methyl/N-ethyl adjacent to an activating group) is 1. The van der Waals surface area contributed by atoms with Crippen molar-refractivity contribution in [2.45, 2.75) is 19.4 Å². The Morgan fingerprint density at radius 1 is 1.73 bits per heavy atom. The molecule has 11 heavy (non-hydrogen) atoms. The predicted octanol–water partition coefficient (Wildman–Crippen LogP) is 0.0856. The maximum atomic E-state index is 10.6. The molecule has 0 aliphatic heterocycles. The lowest BCUT2D eigenvalue weighted by Crippen LogP contribution is -2.51. The molecular weight excluding hydrogens is 146 g/mol. The fourth-order valence-electron chi connectivity index (χ4n) is 0.547. The van der Waals surface area contributed by atoms with E-state index in [4.69, 9.17) is 9.84 Å². The summed E-state index contributed by atoms with van der Waals surface area (Å²) < 4.78 is 5.01. The van der Waals surface area contributed by atoms with Crippen LogP contribution in [0.15, 0.2) is 0 Å². The molecule has 2 N–H and O–H groups in total. The third-order valence-corrected chi connectivity index (χ3v) is 1.62. The molecule has 66 valence electrons. The van der Waals surface area contributed by atoms with Gasteiger partial charge in [0.1, 0.15) is 5.54 Å². The van der Waals surface area contributed by atoms with E-state index in [1.807, 2.05) is 6.92 Å². The zero-order chi connectivity index (χ0) is 8.91. The average Bonchev–Trinajstić information content (AvgIpc) is 2.00. The third kappa shape index (κ3) is 2.86. The standard InChI is InChI=1S/C7H15NO3/c1-4-11-5-7(2,8-3)6(9)10/h8H,4-5H2,1-3H3,(H,9,10). The topological polar surface area (TPSA) is 58.6 Å². The molecule has 0 saturated carbocycles. The van der Waals surface area contributed by atoms with Crippen LogP contribution in [0.5, 0.6) is 0 Å². The first-order chi connectivity index (χ1) is 5.06. The van der Waals surface area contributed by atoms with Crippen LogP contribution in [0.4, 0.5) is 0 Å². The Labute approximate surface area is 66.5 Å². The molecule has 0 saturated heterocycles. The van der Waals surface area contributed by atoms with Crippen molar-refractivity contribution in [1.29, 1.82) is 0 Å². The summed E-state index contributed by atoms with van der Waals surface area (Å²) in [6.45, 7) is 4.14. The summed E-state index contributed by atoms with van der Waals surface area (Å²) in [5, 5.41) is 11.4. The molecule has 1 unspecified atom stereocenters. The molecule has 1 atom stereocenters. The highest BCUT2D eigenvalue weighted by Crippen LogP contribution is 2.03. The molecule has 4 nitrogen and oxygen atoms in total. The minimum absolute atomic E-state index is 0.190. The van der Waals surface area contributed by atoms with Gasteiger partial charge < -0.3 is 15.2 Å². The SMILES string of the molecule is CCOCC(C)(NC)C(=O)O. The van der Waals surface area contributed by atoms with Crippen LogP contribution in [-0.4, -0.2) is 36.9 Å². The first-order valence-electron chi connectivity index (χ1n) is 3.57. The second kappa shape index (κ2) is 4.31. The molecular formula is C7H15NO3. The van der Waals surface area contributed by atoms with Crippen molar-refractivity contribution in [3.63, 3.8) is 0 Å². The Bertz CT molecular complexity index is 138.